The molecule has 0 saturated carbocycles. The second kappa shape index (κ2) is 12.4. The van der Waals surface area contributed by atoms with Crippen LogP contribution in [0.3, 0.4) is 0 Å². The first-order valence-electron chi connectivity index (χ1n) is 8.97. The van der Waals surface area contributed by atoms with Gasteiger partial charge in [0, 0.05) is 39.1 Å². The molecule has 1 amide bonds. The van der Waals surface area contributed by atoms with Gasteiger partial charge in [-0.2, -0.15) is 0 Å². The Morgan fingerprint density at radius 1 is 1.37 bits per heavy atom. The molecule has 0 spiro atoms. The van der Waals surface area contributed by atoms with Crippen LogP contribution < -0.4 is 5.32 Å². The van der Waals surface area contributed by atoms with Gasteiger partial charge in [-0.1, -0.05) is 6.92 Å². The molecular weight excluding hydrogens is 477 g/mol. The highest BCUT2D eigenvalue weighted by Gasteiger charge is 2.21. The lowest BCUT2D eigenvalue weighted by Crippen LogP contribution is -2.45. The third-order valence-corrected chi connectivity index (χ3v) is 4.27. The van der Waals surface area contributed by atoms with Gasteiger partial charge >= 0.3 is 6.09 Å². The van der Waals surface area contributed by atoms with Crippen LogP contribution in [0.1, 0.15) is 44.8 Å². The highest BCUT2D eigenvalue weighted by molar-refractivity contribution is 14.0. The van der Waals surface area contributed by atoms with Crippen molar-refractivity contribution in [3.8, 4) is 0 Å². The summed E-state index contributed by atoms with van der Waals surface area (Å²) in [7, 11) is 3.73. The number of aliphatic imine (C=N–C) groups is 1. The Bertz CT molecular complexity index is 601. The molecule has 27 heavy (non-hydrogen) atoms. The van der Waals surface area contributed by atoms with Crippen LogP contribution in [0.2, 0.25) is 0 Å². The Hall–Kier alpha value is -1.10. The molecule has 1 rings (SSSR count). The van der Waals surface area contributed by atoms with Gasteiger partial charge < -0.3 is 19.9 Å². The van der Waals surface area contributed by atoms with Crippen molar-refractivity contribution in [1.82, 2.24) is 20.1 Å². The second-order valence-electron chi connectivity index (χ2n) is 7.16. The quantitative estimate of drug-likeness (QED) is 0.343. The van der Waals surface area contributed by atoms with Gasteiger partial charge in [-0.15, -0.1) is 35.3 Å². The number of aryl methyl sites for hydroxylation is 1. The van der Waals surface area contributed by atoms with Crippen LogP contribution in [0, 0.1) is 6.92 Å². The van der Waals surface area contributed by atoms with Crippen molar-refractivity contribution in [3.63, 3.8) is 0 Å². The van der Waals surface area contributed by atoms with E-state index in [0.29, 0.717) is 26.2 Å². The Labute approximate surface area is 184 Å². The van der Waals surface area contributed by atoms with Crippen LogP contribution in [0.5, 0.6) is 0 Å². The summed E-state index contributed by atoms with van der Waals surface area (Å²) in [5.74, 6) is 0.774. The maximum Gasteiger partial charge on any atom is 0.410 e. The van der Waals surface area contributed by atoms with Gasteiger partial charge in [-0.05, 0) is 34.1 Å². The number of thiazole rings is 1. The molecule has 0 unspecified atom stereocenters. The molecule has 0 saturated heterocycles. The van der Waals surface area contributed by atoms with E-state index in [4.69, 9.17) is 4.74 Å². The van der Waals surface area contributed by atoms with E-state index in [0.717, 1.165) is 23.1 Å². The first-order chi connectivity index (χ1) is 12.2. The Morgan fingerprint density at radius 2 is 2.04 bits per heavy atom. The lowest BCUT2D eigenvalue weighted by atomic mass is 10.2. The SMILES string of the molecule is CCCN(CCNC(=NC)N(C)Cc1csc(C)n1)C(=O)OC(C)(C)C.I. The zero-order valence-corrected chi connectivity index (χ0v) is 20.7. The molecule has 0 bridgehead atoms. The van der Waals surface area contributed by atoms with Crippen LogP contribution in [-0.2, 0) is 11.3 Å². The van der Waals surface area contributed by atoms with Crippen LogP contribution in [0.4, 0.5) is 4.79 Å². The smallest absolute Gasteiger partial charge is 0.410 e. The lowest BCUT2D eigenvalue weighted by Gasteiger charge is -2.28. The second-order valence-corrected chi connectivity index (χ2v) is 8.22. The van der Waals surface area contributed by atoms with Crippen molar-refractivity contribution in [2.45, 2.75) is 53.2 Å². The number of hydrogen-bond donors (Lipinski definition) is 1. The average molecular weight is 511 g/mol. The fraction of sp³-hybridized carbons (Fsp3) is 0.722. The maximum absolute atomic E-state index is 12.3. The predicted octanol–water partition coefficient (Wildman–Crippen LogP) is 3.72. The van der Waals surface area contributed by atoms with E-state index in [9.17, 15) is 4.79 Å². The fourth-order valence-corrected chi connectivity index (χ4v) is 2.98. The van der Waals surface area contributed by atoms with Crippen LogP contribution in [0.25, 0.3) is 0 Å². The molecule has 0 aromatic carbocycles. The zero-order valence-electron chi connectivity index (χ0n) is 17.5. The van der Waals surface area contributed by atoms with Crippen LogP contribution >= 0.6 is 35.3 Å². The molecule has 7 nitrogen and oxygen atoms in total. The van der Waals surface area contributed by atoms with Gasteiger partial charge in [0.2, 0.25) is 0 Å². The Balaban J connectivity index is 0.00000676. The fourth-order valence-electron chi connectivity index (χ4n) is 2.38. The predicted molar refractivity (Wildman–Crippen MR) is 123 cm³/mol. The number of carbonyl (C=O) groups is 1. The summed E-state index contributed by atoms with van der Waals surface area (Å²) < 4.78 is 5.48. The van der Waals surface area contributed by atoms with E-state index in [1.165, 1.54) is 0 Å². The van der Waals surface area contributed by atoms with Crippen molar-refractivity contribution >= 4 is 47.4 Å². The molecule has 1 heterocycles. The molecule has 1 N–H and O–H groups in total. The van der Waals surface area contributed by atoms with Crippen molar-refractivity contribution in [3.05, 3.63) is 16.1 Å². The summed E-state index contributed by atoms with van der Waals surface area (Å²) in [6.07, 6.45) is 0.610. The average Bonchev–Trinajstić information content (AvgIpc) is 2.93. The number of amides is 1. The Kier molecular flexibility index (Phi) is 11.9. The van der Waals surface area contributed by atoms with E-state index in [2.05, 4.69) is 20.7 Å². The highest BCUT2D eigenvalue weighted by atomic mass is 127. The van der Waals surface area contributed by atoms with E-state index in [1.54, 1.807) is 23.3 Å². The molecule has 0 aliphatic heterocycles. The summed E-state index contributed by atoms with van der Waals surface area (Å²) in [6, 6.07) is 0. The third kappa shape index (κ3) is 10.1. The number of rotatable bonds is 7. The first-order valence-corrected chi connectivity index (χ1v) is 9.85. The van der Waals surface area contributed by atoms with E-state index >= 15 is 0 Å². The number of carbonyl (C=O) groups excluding carboxylic acids is 1. The minimum Gasteiger partial charge on any atom is -0.444 e. The lowest BCUT2D eigenvalue weighted by molar-refractivity contribution is 0.0253. The molecule has 0 radical (unpaired) electrons. The minimum atomic E-state index is -0.488. The molecule has 1 aromatic rings. The van der Waals surface area contributed by atoms with Crippen molar-refractivity contribution in [2.75, 3.05) is 33.7 Å². The number of guanidine groups is 1. The number of nitrogens with one attached hydrogen (secondary N) is 1. The summed E-state index contributed by atoms with van der Waals surface area (Å²) in [4.78, 5) is 24.8. The van der Waals surface area contributed by atoms with E-state index < -0.39 is 5.60 Å². The Morgan fingerprint density at radius 3 is 2.52 bits per heavy atom. The van der Waals surface area contributed by atoms with Gasteiger partial charge in [0.1, 0.15) is 5.60 Å². The standard InChI is InChI=1S/C18H33N5O2S.HI/c1-8-10-23(17(24)25-18(3,4)5)11-9-20-16(19-6)22(7)12-15-13-26-14(2)21-15;/h13H,8-12H2,1-7H3,(H,19,20);1H. The highest BCUT2D eigenvalue weighted by Crippen LogP contribution is 2.11. The monoisotopic (exact) mass is 511 g/mol. The largest absolute Gasteiger partial charge is 0.444 e. The molecule has 9 heteroatoms. The van der Waals surface area contributed by atoms with Gasteiger partial charge in [0.05, 0.1) is 17.2 Å². The van der Waals surface area contributed by atoms with Crippen LogP contribution in [-0.4, -0.2) is 66.2 Å². The normalized spacial score (nSPS) is 11.6. The van der Waals surface area contributed by atoms with E-state index in [1.807, 2.05) is 46.6 Å². The topological polar surface area (TPSA) is 70.1 Å². The van der Waals surface area contributed by atoms with Gasteiger partial charge in [0.15, 0.2) is 5.96 Å². The number of hydrogen-bond acceptors (Lipinski definition) is 5. The third-order valence-electron chi connectivity index (χ3n) is 3.45. The van der Waals surface area contributed by atoms with Gasteiger partial charge in [-0.3, -0.25) is 4.99 Å². The van der Waals surface area contributed by atoms with Crippen molar-refractivity contribution in [2.24, 2.45) is 4.99 Å². The molecule has 0 aliphatic rings. The van der Waals surface area contributed by atoms with E-state index in [-0.39, 0.29) is 30.1 Å². The molecule has 1 aromatic heterocycles. The zero-order chi connectivity index (χ0) is 19.7. The van der Waals surface area contributed by atoms with Crippen LogP contribution in [0.15, 0.2) is 10.4 Å². The molecule has 156 valence electrons. The molecular formula is C18H34IN5O2S. The van der Waals surface area contributed by atoms with Gasteiger partial charge in [0.25, 0.3) is 0 Å². The summed E-state index contributed by atoms with van der Waals surface area (Å²) in [5, 5.41) is 6.42. The maximum atomic E-state index is 12.3. The number of nitrogens with zero attached hydrogens (tertiary/aromatic N) is 4. The summed E-state index contributed by atoms with van der Waals surface area (Å²) in [5.41, 5.74) is 0.539. The summed E-state index contributed by atoms with van der Waals surface area (Å²) >= 11 is 1.64. The van der Waals surface area contributed by atoms with Crippen molar-refractivity contribution in [1.29, 1.82) is 0 Å². The molecule has 0 aliphatic carbocycles. The first kappa shape index (κ1) is 25.9. The summed E-state index contributed by atoms with van der Waals surface area (Å²) in [6.45, 7) is 12.2. The number of ether oxygens (including phenoxy) is 1. The molecule has 0 atom stereocenters. The molecule has 0 fully saturated rings. The number of halogens is 1. The minimum absolute atomic E-state index is 0. The van der Waals surface area contributed by atoms with Gasteiger partial charge in [-0.25, -0.2) is 9.78 Å². The van der Waals surface area contributed by atoms with Crippen molar-refractivity contribution < 1.29 is 9.53 Å². The number of aromatic nitrogens is 1.